The number of aliphatic hydroxyl groups is 3. The number of rotatable bonds is 44. The number of carbonyl (C=O) groups excluding carboxylic acids is 2. The summed E-state index contributed by atoms with van der Waals surface area (Å²) < 4.78 is 28.5. The van der Waals surface area contributed by atoms with Crippen molar-refractivity contribution in [1.82, 2.24) is 5.32 Å². The molecule has 7 atom stereocenters. The Bertz CT molecular complexity index is 1130. The molecule has 1 aliphatic rings. The van der Waals surface area contributed by atoms with Crippen LogP contribution in [0.5, 0.6) is 0 Å². The molecule has 1 saturated heterocycles. The van der Waals surface area contributed by atoms with Crippen molar-refractivity contribution in [3.05, 3.63) is 0 Å². The number of phosphoric acid groups is 1. The van der Waals surface area contributed by atoms with Gasteiger partial charge in [-0.1, -0.05) is 226 Å². The molecule has 1 amide bonds. The van der Waals surface area contributed by atoms with Crippen molar-refractivity contribution in [1.29, 1.82) is 0 Å². The van der Waals surface area contributed by atoms with Gasteiger partial charge in [-0.2, -0.15) is 0 Å². The zero-order valence-corrected chi connectivity index (χ0v) is 41.4. The highest BCUT2D eigenvalue weighted by Gasteiger charge is 2.51. The number of hydrogen-bond donors (Lipinski definition) is 6. The van der Waals surface area contributed by atoms with E-state index in [0.29, 0.717) is 6.42 Å². The van der Waals surface area contributed by atoms with Gasteiger partial charge < -0.3 is 39.9 Å². The lowest BCUT2D eigenvalue weighted by Gasteiger charge is -2.43. The fraction of sp³-hybridized carbons (Fsp3) is 0.960. The number of esters is 1. The summed E-state index contributed by atoms with van der Waals surface area (Å²) in [6.07, 6.45) is 33.0. The summed E-state index contributed by atoms with van der Waals surface area (Å²) in [5, 5.41) is 34.4. The standard InChI is InChI=1S/C50H98NO11P/c1-4-7-10-13-16-19-20-21-22-23-26-28-31-34-37-42(36-33-30-27-24-17-14-11-8-5-2)39-46(55)61-49-47(50(56)60-44(41-52)48(49)62-63(57,58)59)51-45(54)40-43(53)38-35-32-29-25-18-15-12-9-6-3/h42-44,47-50,52-53,56H,4-41H2,1-3H3,(H,51,54)(H2,57,58,59)/t42?,43?,44-,47-,48-,49-,50?/m1/s1. The maximum atomic E-state index is 13.8. The molecule has 0 aromatic heterocycles. The van der Waals surface area contributed by atoms with E-state index in [-0.39, 0.29) is 18.8 Å². The molecule has 0 bridgehead atoms. The summed E-state index contributed by atoms with van der Waals surface area (Å²) in [4.78, 5) is 46.7. The minimum absolute atomic E-state index is 0.0307. The van der Waals surface area contributed by atoms with Gasteiger partial charge in [0.05, 0.1) is 19.1 Å². The summed E-state index contributed by atoms with van der Waals surface area (Å²) in [6.45, 7) is 5.88. The van der Waals surface area contributed by atoms with Crippen molar-refractivity contribution in [3.63, 3.8) is 0 Å². The topological polar surface area (TPSA) is 192 Å². The normalized spacial score (nSPS) is 20.2. The lowest BCUT2D eigenvalue weighted by molar-refractivity contribution is -0.256. The summed E-state index contributed by atoms with van der Waals surface area (Å²) in [6, 6.07) is -1.47. The Labute approximate surface area is 384 Å². The third kappa shape index (κ3) is 33.1. The van der Waals surface area contributed by atoms with Crippen LogP contribution < -0.4 is 5.32 Å². The van der Waals surface area contributed by atoms with E-state index in [0.717, 1.165) is 77.0 Å². The smallest absolute Gasteiger partial charge is 0.457 e. The molecule has 3 unspecified atom stereocenters. The van der Waals surface area contributed by atoms with E-state index < -0.39 is 63.1 Å². The number of ether oxygens (including phenoxy) is 2. The summed E-state index contributed by atoms with van der Waals surface area (Å²) in [7, 11) is -5.21. The highest BCUT2D eigenvalue weighted by Crippen LogP contribution is 2.42. The number of phosphoric ester groups is 1. The lowest BCUT2D eigenvalue weighted by Crippen LogP contribution is -2.65. The van der Waals surface area contributed by atoms with Crippen LogP contribution in [0.4, 0.5) is 0 Å². The molecular formula is C50H98NO11P. The molecule has 0 spiro atoms. The predicted octanol–water partition coefficient (Wildman–Crippen LogP) is 12.0. The molecule has 6 N–H and O–H groups in total. The van der Waals surface area contributed by atoms with Gasteiger partial charge in [-0.25, -0.2) is 4.57 Å². The van der Waals surface area contributed by atoms with E-state index in [2.05, 4.69) is 26.1 Å². The number of unbranched alkanes of at least 4 members (excludes halogenated alkanes) is 29. The van der Waals surface area contributed by atoms with Crippen molar-refractivity contribution in [2.24, 2.45) is 5.92 Å². The van der Waals surface area contributed by atoms with Gasteiger partial charge in [0.1, 0.15) is 18.2 Å². The van der Waals surface area contributed by atoms with E-state index in [1.807, 2.05) is 0 Å². The summed E-state index contributed by atoms with van der Waals surface area (Å²) in [5.74, 6) is -1.25. The van der Waals surface area contributed by atoms with Crippen LogP contribution >= 0.6 is 7.82 Å². The average Bonchev–Trinajstić information content (AvgIpc) is 3.24. The number of hydrogen-bond acceptors (Lipinski definition) is 9. The van der Waals surface area contributed by atoms with E-state index in [9.17, 15) is 39.3 Å². The molecule has 1 fully saturated rings. The highest BCUT2D eigenvalue weighted by atomic mass is 31.2. The van der Waals surface area contributed by atoms with Crippen LogP contribution in [0.2, 0.25) is 0 Å². The fourth-order valence-corrected chi connectivity index (χ4v) is 9.63. The zero-order chi connectivity index (χ0) is 46.4. The number of nitrogens with one attached hydrogen (secondary N) is 1. The van der Waals surface area contributed by atoms with Gasteiger partial charge in [0.25, 0.3) is 0 Å². The van der Waals surface area contributed by atoms with Crippen LogP contribution in [0, 0.1) is 5.92 Å². The third-order valence-electron chi connectivity index (χ3n) is 12.9. The largest absolute Gasteiger partial charge is 0.470 e. The minimum atomic E-state index is -5.21. The first-order valence-corrected chi connectivity index (χ1v) is 27.8. The Morgan fingerprint density at radius 2 is 0.937 bits per heavy atom. The Kier molecular flexibility index (Phi) is 38.0. The summed E-state index contributed by atoms with van der Waals surface area (Å²) in [5.41, 5.74) is 0. The highest BCUT2D eigenvalue weighted by molar-refractivity contribution is 7.46. The lowest BCUT2D eigenvalue weighted by atomic mass is 9.91. The van der Waals surface area contributed by atoms with Crippen LogP contribution in [0.25, 0.3) is 0 Å². The van der Waals surface area contributed by atoms with E-state index in [1.165, 1.54) is 141 Å². The Morgan fingerprint density at radius 1 is 0.571 bits per heavy atom. The Morgan fingerprint density at radius 3 is 1.30 bits per heavy atom. The number of carbonyl (C=O) groups is 2. The second-order valence-electron chi connectivity index (χ2n) is 18.9. The zero-order valence-electron chi connectivity index (χ0n) is 40.5. The third-order valence-corrected chi connectivity index (χ3v) is 13.4. The first-order chi connectivity index (χ1) is 30.4. The van der Waals surface area contributed by atoms with Gasteiger partial charge >= 0.3 is 13.8 Å². The van der Waals surface area contributed by atoms with Crippen LogP contribution in [-0.4, -0.2) is 80.3 Å². The van der Waals surface area contributed by atoms with Crippen molar-refractivity contribution >= 4 is 19.7 Å². The van der Waals surface area contributed by atoms with Crippen molar-refractivity contribution in [2.45, 2.75) is 295 Å². The maximum Gasteiger partial charge on any atom is 0.470 e. The van der Waals surface area contributed by atoms with E-state index in [1.54, 1.807) is 0 Å². The molecule has 0 aliphatic carbocycles. The first-order valence-electron chi connectivity index (χ1n) is 26.3. The molecule has 1 aliphatic heterocycles. The number of aliphatic hydroxyl groups excluding tert-OH is 3. The molecular weight excluding hydrogens is 822 g/mol. The van der Waals surface area contributed by atoms with Crippen LogP contribution in [0.15, 0.2) is 0 Å². The van der Waals surface area contributed by atoms with Gasteiger partial charge in [-0.15, -0.1) is 0 Å². The van der Waals surface area contributed by atoms with Crippen LogP contribution in [0.3, 0.4) is 0 Å². The maximum absolute atomic E-state index is 13.8. The molecule has 0 saturated carbocycles. The van der Waals surface area contributed by atoms with Crippen molar-refractivity contribution < 1.29 is 53.3 Å². The average molecular weight is 920 g/mol. The van der Waals surface area contributed by atoms with Gasteiger partial charge in [0.15, 0.2) is 12.4 Å². The number of amides is 1. The Hall–Kier alpha value is -1.11. The molecule has 0 aromatic carbocycles. The van der Waals surface area contributed by atoms with E-state index in [4.69, 9.17) is 14.0 Å². The van der Waals surface area contributed by atoms with Gasteiger partial charge in [-0.3, -0.25) is 14.1 Å². The first kappa shape index (κ1) is 59.9. The molecule has 63 heavy (non-hydrogen) atoms. The molecule has 1 heterocycles. The minimum Gasteiger partial charge on any atom is -0.457 e. The Balaban J connectivity index is 2.86. The van der Waals surface area contributed by atoms with E-state index >= 15 is 0 Å². The second-order valence-corrected chi connectivity index (χ2v) is 20.1. The quantitative estimate of drug-likeness (QED) is 0.0194. The molecule has 12 nitrogen and oxygen atoms in total. The SMILES string of the molecule is CCCCCCCCCCCCCCCCC(CCCCCCCCCCC)CC(=O)O[C@H]1[C@H](OP(=O)(O)O)[C@@H](CO)OC(O)[C@@H]1NC(=O)CC(O)CCCCCCCCCCC. The second kappa shape index (κ2) is 40.0. The molecule has 1 rings (SSSR count). The summed E-state index contributed by atoms with van der Waals surface area (Å²) >= 11 is 0. The molecule has 13 heteroatoms. The van der Waals surface area contributed by atoms with Gasteiger partial charge in [0, 0.05) is 6.42 Å². The van der Waals surface area contributed by atoms with Gasteiger partial charge in [0.2, 0.25) is 5.91 Å². The molecule has 374 valence electrons. The van der Waals surface area contributed by atoms with Crippen molar-refractivity contribution in [2.75, 3.05) is 6.61 Å². The molecule has 0 radical (unpaired) electrons. The predicted molar refractivity (Wildman–Crippen MR) is 254 cm³/mol. The van der Waals surface area contributed by atoms with Crippen LogP contribution in [-0.2, 0) is 28.2 Å². The fourth-order valence-electron chi connectivity index (χ4n) is 9.05. The van der Waals surface area contributed by atoms with Crippen molar-refractivity contribution in [3.8, 4) is 0 Å². The molecule has 0 aromatic rings. The van der Waals surface area contributed by atoms with Gasteiger partial charge in [-0.05, 0) is 25.2 Å². The monoisotopic (exact) mass is 920 g/mol. The van der Waals surface area contributed by atoms with Crippen LogP contribution in [0.1, 0.15) is 258 Å².